The van der Waals surface area contributed by atoms with E-state index in [1.54, 1.807) is 41.7 Å². The molecule has 1 aliphatic rings. The number of phenolic OH excluding ortho intramolecular Hbond substituents is 1. The fourth-order valence-electron chi connectivity index (χ4n) is 3.23. The Balaban J connectivity index is 1.86. The Kier molecular flexibility index (Phi) is 3.86. The lowest BCUT2D eigenvalue weighted by Crippen LogP contribution is -2.12. The number of aromatic hydroxyl groups is 1. The normalized spacial score (nSPS) is 14.3. The number of fused-ring (bicyclic) bond motifs is 3. The van der Waals surface area contributed by atoms with Gasteiger partial charge in [0.15, 0.2) is 5.82 Å². The van der Waals surface area contributed by atoms with Gasteiger partial charge in [0, 0.05) is 4.88 Å². The standard InChI is InChI=1S/C19H15N3O2S/c20-10-12(8-11-4-3-5-13(23)9-11)17-21-18(24)16-14-6-1-2-7-15(14)25-19(16)22-17/h3-5,8-9,23H,1-2,6-7H2,(H,21,22,24). The third-order valence-electron chi connectivity index (χ3n) is 4.38. The minimum Gasteiger partial charge on any atom is -0.508 e. The number of benzene rings is 1. The van der Waals surface area contributed by atoms with Gasteiger partial charge in [-0.2, -0.15) is 5.26 Å². The first-order valence-corrected chi connectivity index (χ1v) is 8.93. The van der Waals surface area contributed by atoms with Crippen LogP contribution in [0.2, 0.25) is 0 Å². The number of nitrogens with one attached hydrogen (secondary N) is 1. The minimum atomic E-state index is -0.184. The van der Waals surface area contributed by atoms with E-state index in [9.17, 15) is 15.2 Å². The molecule has 5 nitrogen and oxygen atoms in total. The summed E-state index contributed by atoms with van der Waals surface area (Å²) in [5, 5.41) is 19.7. The Bertz CT molecular complexity index is 1100. The van der Waals surface area contributed by atoms with Crippen LogP contribution in [0.1, 0.15) is 34.7 Å². The largest absolute Gasteiger partial charge is 0.508 e. The molecule has 0 aliphatic heterocycles. The van der Waals surface area contributed by atoms with E-state index in [4.69, 9.17) is 0 Å². The van der Waals surface area contributed by atoms with Crippen LogP contribution >= 0.6 is 11.3 Å². The first-order valence-electron chi connectivity index (χ1n) is 8.11. The minimum absolute atomic E-state index is 0.119. The molecule has 0 bridgehead atoms. The smallest absolute Gasteiger partial charge is 0.260 e. The van der Waals surface area contributed by atoms with Crippen molar-refractivity contribution < 1.29 is 5.11 Å². The quantitative estimate of drug-likeness (QED) is 0.691. The zero-order chi connectivity index (χ0) is 17.4. The van der Waals surface area contributed by atoms with Crippen LogP contribution in [0.5, 0.6) is 5.75 Å². The molecule has 0 atom stereocenters. The van der Waals surface area contributed by atoms with E-state index in [0.29, 0.717) is 15.8 Å². The highest BCUT2D eigenvalue weighted by Crippen LogP contribution is 2.34. The molecule has 0 spiro atoms. The fraction of sp³-hybridized carbons (Fsp3) is 0.211. The second-order valence-electron chi connectivity index (χ2n) is 6.07. The lowest BCUT2D eigenvalue weighted by molar-refractivity contribution is 0.475. The first kappa shape index (κ1) is 15.6. The van der Waals surface area contributed by atoms with Crippen LogP contribution in [0.3, 0.4) is 0 Å². The van der Waals surface area contributed by atoms with Gasteiger partial charge in [0.05, 0.1) is 11.0 Å². The van der Waals surface area contributed by atoms with Gasteiger partial charge in [-0.15, -0.1) is 11.3 Å². The number of aryl methyl sites for hydroxylation is 2. The van der Waals surface area contributed by atoms with E-state index < -0.39 is 0 Å². The third kappa shape index (κ3) is 2.83. The van der Waals surface area contributed by atoms with Gasteiger partial charge in [-0.1, -0.05) is 12.1 Å². The Morgan fingerprint density at radius 3 is 3.00 bits per heavy atom. The van der Waals surface area contributed by atoms with Crippen molar-refractivity contribution in [2.75, 3.05) is 0 Å². The van der Waals surface area contributed by atoms with Crippen LogP contribution < -0.4 is 5.56 Å². The van der Waals surface area contributed by atoms with Gasteiger partial charge < -0.3 is 10.1 Å². The molecule has 0 radical (unpaired) electrons. The molecule has 0 unspecified atom stereocenters. The number of nitrogens with zero attached hydrogens (tertiary/aromatic N) is 2. The number of thiophene rings is 1. The Morgan fingerprint density at radius 2 is 2.20 bits per heavy atom. The van der Waals surface area contributed by atoms with Crippen molar-refractivity contribution in [3.8, 4) is 11.8 Å². The molecule has 0 amide bonds. The molecule has 6 heteroatoms. The predicted octanol–water partition coefficient (Wildman–Crippen LogP) is 3.63. The van der Waals surface area contributed by atoms with Crippen LogP contribution in [0.25, 0.3) is 21.9 Å². The van der Waals surface area contributed by atoms with Gasteiger partial charge in [0.1, 0.15) is 16.6 Å². The first-order chi connectivity index (χ1) is 12.2. The van der Waals surface area contributed by atoms with E-state index >= 15 is 0 Å². The highest BCUT2D eigenvalue weighted by molar-refractivity contribution is 7.18. The number of aromatic amines is 1. The predicted molar refractivity (Wildman–Crippen MR) is 98.5 cm³/mol. The van der Waals surface area contributed by atoms with E-state index in [0.717, 1.165) is 31.2 Å². The summed E-state index contributed by atoms with van der Waals surface area (Å²) >= 11 is 1.56. The molecule has 0 saturated heterocycles. The zero-order valence-corrected chi connectivity index (χ0v) is 14.2. The summed E-state index contributed by atoms with van der Waals surface area (Å²) in [6.07, 6.45) is 5.77. The van der Waals surface area contributed by atoms with Crippen molar-refractivity contribution in [1.82, 2.24) is 9.97 Å². The number of H-pyrrole nitrogens is 1. The van der Waals surface area contributed by atoms with Crippen LogP contribution in [0.4, 0.5) is 0 Å². The second kappa shape index (κ2) is 6.19. The van der Waals surface area contributed by atoms with Crippen LogP contribution in [-0.2, 0) is 12.8 Å². The average Bonchev–Trinajstić information content (AvgIpc) is 2.98. The maximum Gasteiger partial charge on any atom is 0.260 e. The SMILES string of the molecule is N#CC(=Cc1cccc(O)c1)c1nc2sc3c(c2c(=O)[nH]1)CCCC3. The number of allylic oxidation sites excluding steroid dienone is 1. The maximum absolute atomic E-state index is 12.6. The molecule has 1 aromatic carbocycles. The van der Waals surface area contributed by atoms with E-state index in [1.807, 2.05) is 0 Å². The van der Waals surface area contributed by atoms with E-state index in [-0.39, 0.29) is 22.7 Å². The van der Waals surface area contributed by atoms with Gasteiger partial charge in [0.2, 0.25) is 0 Å². The molecule has 3 aromatic rings. The Hall–Kier alpha value is -2.91. The van der Waals surface area contributed by atoms with Crippen molar-refractivity contribution in [2.45, 2.75) is 25.7 Å². The molecule has 1 aliphatic carbocycles. The van der Waals surface area contributed by atoms with Crippen LogP contribution in [0, 0.1) is 11.3 Å². The lowest BCUT2D eigenvalue weighted by atomic mass is 9.97. The fourth-order valence-corrected chi connectivity index (χ4v) is 4.49. The van der Waals surface area contributed by atoms with E-state index in [2.05, 4.69) is 16.0 Å². The second-order valence-corrected chi connectivity index (χ2v) is 7.15. The van der Waals surface area contributed by atoms with Crippen molar-refractivity contribution in [2.24, 2.45) is 0 Å². The molecule has 25 heavy (non-hydrogen) atoms. The summed E-state index contributed by atoms with van der Waals surface area (Å²) in [5.74, 6) is 0.385. The number of hydrogen-bond acceptors (Lipinski definition) is 5. The Labute approximate surface area is 147 Å². The van der Waals surface area contributed by atoms with Gasteiger partial charge >= 0.3 is 0 Å². The summed E-state index contributed by atoms with van der Waals surface area (Å²) in [4.78, 5) is 21.8. The summed E-state index contributed by atoms with van der Waals surface area (Å²) < 4.78 is 0. The third-order valence-corrected chi connectivity index (χ3v) is 5.57. The summed E-state index contributed by atoms with van der Waals surface area (Å²) in [6, 6.07) is 8.68. The topological polar surface area (TPSA) is 89.8 Å². The van der Waals surface area contributed by atoms with E-state index in [1.165, 1.54) is 4.88 Å². The number of phenols is 1. The van der Waals surface area contributed by atoms with Gasteiger partial charge in [-0.25, -0.2) is 4.98 Å². The van der Waals surface area contributed by atoms with Gasteiger partial charge in [-0.3, -0.25) is 4.79 Å². The van der Waals surface area contributed by atoms with Gasteiger partial charge in [-0.05, 0) is 55.0 Å². The van der Waals surface area contributed by atoms with Crippen molar-refractivity contribution in [3.63, 3.8) is 0 Å². The van der Waals surface area contributed by atoms with Gasteiger partial charge in [0.25, 0.3) is 5.56 Å². The molecular formula is C19H15N3O2S. The summed E-state index contributed by atoms with van der Waals surface area (Å²) in [7, 11) is 0. The van der Waals surface area contributed by atoms with Crippen LogP contribution in [-0.4, -0.2) is 15.1 Å². The van der Waals surface area contributed by atoms with Crippen molar-refractivity contribution >= 4 is 33.2 Å². The Morgan fingerprint density at radius 1 is 1.36 bits per heavy atom. The number of aromatic nitrogens is 2. The number of hydrogen-bond donors (Lipinski definition) is 2. The average molecular weight is 349 g/mol. The number of rotatable bonds is 2. The molecule has 0 fully saturated rings. The summed E-state index contributed by atoms with van der Waals surface area (Å²) in [6.45, 7) is 0. The summed E-state index contributed by atoms with van der Waals surface area (Å²) in [5.41, 5.74) is 1.87. The highest BCUT2D eigenvalue weighted by Gasteiger charge is 2.20. The molecule has 2 N–H and O–H groups in total. The molecule has 124 valence electrons. The number of nitriles is 1. The zero-order valence-electron chi connectivity index (χ0n) is 13.4. The molecule has 0 saturated carbocycles. The molecule has 2 aromatic heterocycles. The van der Waals surface area contributed by atoms with Crippen molar-refractivity contribution in [3.05, 3.63) is 56.4 Å². The molecular weight excluding hydrogens is 334 g/mol. The lowest BCUT2D eigenvalue weighted by Gasteiger charge is -2.09. The molecule has 2 heterocycles. The van der Waals surface area contributed by atoms with Crippen LogP contribution in [0.15, 0.2) is 29.1 Å². The van der Waals surface area contributed by atoms with Crippen molar-refractivity contribution in [1.29, 1.82) is 5.26 Å². The highest BCUT2D eigenvalue weighted by atomic mass is 32.1. The monoisotopic (exact) mass is 349 g/mol. The maximum atomic E-state index is 12.6. The molecule has 4 rings (SSSR count).